The maximum absolute atomic E-state index is 13.0. The third kappa shape index (κ3) is 1.95. The normalized spacial score (nSPS) is 10.1. The molecule has 0 aliphatic rings. The Balaban J connectivity index is 2.57. The Kier molecular flexibility index (Phi) is 2.97. The Labute approximate surface area is 96.7 Å². The van der Waals surface area contributed by atoms with Crippen molar-refractivity contribution < 1.29 is 9.18 Å². The SMILES string of the molecule is O=Cc1cc(-c2ccccc2Cl)cnc1F. The van der Waals surface area contributed by atoms with Gasteiger partial charge < -0.3 is 0 Å². The molecule has 2 aromatic rings. The highest BCUT2D eigenvalue weighted by atomic mass is 35.5. The van der Waals surface area contributed by atoms with Crippen molar-refractivity contribution in [1.29, 1.82) is 0 Å². The topological polar surface area (TPSA) is 30.0 Å². The molecule has 1 heterocycles. The molecule has 1 aromatic carbocycles. The first-order valence-electron chi connectivity index (χ1n) is 4.58. The lowest BCUT2D eigenvalue weighted by Gasteiger charge is -2.04. The highest BCUT2D eigenvalue weighted by Crippen LogP contribution is 2.27. The second-order valence-electron chi connectivity index (χ2n) is 3.20. The Morgan fingerprint density at radius 2 is 2.06 bits per heavy atom. The average Bonchev–Trinajstić information content (AvgIpc) is 2.31. The number of hydrogen-bond acceptors (Lipinski definition) is 2. The van der Waals surface area contributed by atoms with Gasteiger partial charge in [0, 0.05) is 22.3 Å². The van der Waals surface area contributed by atoms with Crippen molar-refractivity contribution in [3.63, 3.8) is 0 Å². The molecule has 0 spiro atoms. The Morgan fingerprint density at radius 1 is 1.31 bits per heavy atom. The number of rotatable bonds is 2. The van der Waals surface area contributed by atoms with E-state index in [1.807, 2.05) is 6.07 Å². The van der Waals surface area contributed by atoms with E-state index in [1.54, 1.807) is 18.2 Å². The van der Waals surface area contributed by atoms with Crippen LogP contribution in [0.15, 0.2) is 36.5 Å². The van der Waals surface area contributed by atoms with E-state index in [9.17, 15) is 9.18 Å². The van der Waals surface area contributed by atoms with Gasteiger partial charge in [-0.15, -0.1) is 0 Å². The van der Waals surface area contributed by atoms with Crippen LogP contribution in [0.3, 0.4) is 0 Å². The second-order valence-corrected chi connectivity index (χ2v) is 3.61. The van der Waals surface area contributed by atoms with Gasteiger partial charge in [0.1, 0.15) is 0 Å². The fourth-order valence-corrected chi connectivity index (χ4v) is 1.64. The van der Waals surface area contributed by atoms with Crippen LogP contribution >= 0.6 is 11.6 Å². The maximum Gasteiger partial charge on any atom is 0.223 e. The fraction of sp³-hybridized carbons (Fsp3) is 0. The first-order valence-corrected chi connectivity index (χ1v) is 4.96. The average molecular weight is 236 g/mol. The molecule has 80 valence electrons. The van der Waals surface area contributed by atoms with Crippen LogP contribution in [0.5, 0.6) is 0 Å². The Hall–Kier alpha value is -1.74. The summed E-state index contributed by atoms with van der Waals surface area (Å²) in [5.74, 6) is -0.772. The molecule has 0 aliphatic heterocycles. The number of aldehydes is 1. The minimum atomic E-state index is -0.772. The zero-order valence-electron chi connectivity index (χ0n) is 8.15. The van der Waals surface area contributed by atoms with Gasteiger partial charge in [-0.25, -0.2) is 4.98 Å². The Morgan fingerprint density at radius 3 is 2.75 bits per heavy atom. The smallest absolute Gasteiger partial charge is 0.223 e. The lowest BCUT2D eigenvalue weighted by atomic mass is 10.1. The quantitative estimate of drug-likeness (QED) is 0.590. The number of carbonyl (C=O) groups excluding carboxylic acids is 1. The number of benzene rings is 1. The summed E-state index contributed by atoms with van der Waals surface area (Å²) in [5, 5.41) is 0.535. The predicted molar refractivity (Wildman–Crippen MR) is 60.0 cm³/mol. The molecular formula is C12H7ClFNO. The highest BCUT2D eigenvalue weighted by Gasteiger charge is 2.07. The molecule has 0 saturated carbocycles. The van der Waals surface area contributed by atoms with Gasteiger partial charge in [-0.3, -0.25) is 4.79 Å². The third-order valence-electron chi connectivity index (χ3n) is 2.18. The molecule has 0 bridgehead atoms. The minimum absolute atomic E-state index is 0.0718. The van der Waals surface area contributed by atoms with Crippen LogP contribution in [0.1, 0.15) is 10.4 Å². The van der Waals surface area contributed by atoms with E-state index in [2.05, 4.69) is 4.98 Å². The van der Waals surface area contributed by atoms with Gasteiger partial charge in [0.15, 0.2) is 6.29 Å². The summed E-state index contributed by atoms with van der Waals surface area (Å²) >= 11 is 5.98. The molecule has 16 heavy (non-hydrogen) atoms. The van der Waals surface area contributed by atoms with Crippen LogP contribution in [0, 0.1) is 5.95 Å². The summed E-state index contributed by atoms with van der Waals surface area (Å²) in [6.45, 7) is 0. The van der Waals surface area contributed by atoms with Gasteiger partial charge in [0.2, 0.25) is 5.95 Å². The molecule has 0 fully saturated rings. The number of hydrogen-bond donors (Lipinski definition) is 0. The van der Waals surface area contributed by atoms with Crippen molar-refractivity contribution in [2.24, 2.45) is 0 Å². The third-order valence-corrected chi connectivity index (χ3v) is 2.51. The van der Waals surface area contributed by atoms with Crippen molar-refractivity contribution in [3.8, 4) is 11.1 Å². The van der Waals surface area contributed by atoms with E-state index in [-0.39, 0.29) is 5.56 Å². The molecule has 0 unspecified atom stereocenters. The number of carbonyl (C=O) groups is 1. The van der Waals surface area contributed by atoms with Crippen LogP contribution in [-0.4, -0.2) is 11.3 Å². The summed E-state index contributed by atoms with van der Waals surface area (Å²) in [5.41, 5.74) is 1.27. The number of pyridine rings is 1. The maximum atomic E-state index is 13.0. The molecule has 0 amide bonds. The van der Waals surface area contributed by atoms with E-state index in [0.29, 0.717) is 16.9 Å². The van der Waals surface area contributed by atoms with Gasteiger partial charge in [0.25, 0.3) is 0 Å². The number of halogens is 2. The molecule has 0 radical (unpaired) electrons. The van der Waals surface area contributed by atoms with Crippen molar-refractivity contribution in [2.45, 2.75) is 0 Å². The minimum Gasteiger partial charge on any atom is -0.298 e. The molecule has 0 saturated heterocycles. The van der Waals surface area contributed by atoms with Gasteiger partial charge in [-0.2, -0.15) is 4.39 Å². The van der Waals surface area contributed by atoms with E-state index >= 15 is 0 Å². The number of aromatic nitrogens is 1. The van der Waals surface area contributed by atoms with Crippen molar-refractivity contribution in [1.82, 2.24) is 4.98 Å². The molecule has 4 heteroatoms. The van der Waals surface area contributed by atoms with Crippen molar-refractivity contribution >= 4 is 17.9 Å². The fourth-order valence-electron chi connectivity index (χ4n) is 1.39. The number of nitrogens with zero attached hydrogens (tertiary/aromatic N) is 1. The van der Waals surface area contributed by atoms with Crippen molar-refractivity contribution in [3.05, 3.63) is 53.1 Å². The summed E-state index contributed by atoms with van der Waals surface area (Å²) < 4.78 is 13.0. The van der Waals surface area contributed by atoms with Crippen LogP contribution in [-0.2, 0) is 0 Å². The van der Waals surface area contributed by atoms with Gasteiger partial charge in [0.05, 0.1) is 5.56 Å². The zero-order chi connectivity index (χ0) is 11.5. The van der Waals surface area contributed by atoms with E-state index in [4.69, 9.17) is 11.6 Å². The molecule has 1 aromatic heterocycles. The lowest BCUT2D eigenvalue weighted by molar-refractivity contribution is 0.111. The highest BCUT2D eigenvalue weighted by molar-refractivity contribution is 6.33. The monoisotopic (exact) mass is 235 g/mol. The molecular weight excluding hydrogens is 229 g/mol. The van der Waals surface area contributed by atoms with Crippen LogP contribution in [0.4, 0.5) is 4.39 Å². The van der Waals surface area contributed by atoms with Crippen LogP contribution < -0.4 is 0 Å². The van der Waals surface area contributed by atoms with Crippen LogP contribution in [0.25, 0.3) is 11.1 Å². The zero-order valence-corrected chi connectivity index (χ0v) is 8.91. The van der Waals surface area contributed by atoms with Crippen LogP contribution in [0.2, 0.25) is 5.02 Å². The first-order chi connectivity index (χ1) is 7.72. The molecule has 2 nitrogen and oxygen atoms in total. The molecule has 2 rings (SSSR count). The standard InChI is InChI=1S/C12H7ClFNO/c13-11-4-2-1-3-10(11)8-5-9(7-16)12(14)15-6-8/h1-7H. The molecule has 0 atom stereocenters. The van der Waals surface area contributed by atoms with Gasteiger partial charge in [-0.05, 0) is 12.1 Å². The lowest BCUT2D eigenvalue weighted by Crippen LogP contribution is -1.93. The summed E-state index contributed by atoms with van der Waals surface area (Å²) in [7, 11) is 0. The second kappa shape index (κ2) is 4.41. The van der Waals surface area contributed by atoms with E-state index < -0.39 is 5.95 Å². The first kappa shape index (κ1) is 10.8. The summed E-state index contributed by atoms with van der Waals surface area (Å²) in [6, 6.07) is 8.54. The van der Waals surface area contributed by atoms with Gasteiger partial charge in [-0.1, -0.05) is 29.8 Å². The molecule has 0 aliphatic carbocycles. The predicted octanol–water partition coefficient (Wildman–Crippen LogP) is 3.35. The van der Waals surface area contributed by atoms with Crippen molar-refractivity contribution in [2.75, 3.05) is 0 Å². The summed E-state index contributed by atoms with van der Waals surface area (Å²) in [6.07, 6.45) is 1.78. The van der Waals surface area contributed by atoms with E-state index in [1.165, 1.54) is 12.3 Å². The van der Waals surface area contributed by atoms with Gasteiger partial charge >= 0.3 is 0 Å². The Bertz CT molecular complexity index is 542. The largest absolute Gasteiger partial charge is 0.298 e. The summed E-state index contributed by atoms with van der Waals surface area (Å²) in [4.78, 5) is 14.1. The van der Waals surface area contributed by atoms with E-state index in [0.717, 1.165) is 5.56 Å². The molecule has 0 N–H and O–H groups in total.